The van der Waals surface area contributed by atoms with Gasteiger partial charge < -0.3 is 14.6 Å². The Bertz CT molecular complexity index is 836. The van der Waals surface area contributed by atoms with Crippen molar-refractivity contribution >= 4 is 23.2 Å². The molecular weight excluding hydrogens is 356 g/mol. The highest BCUT2D eigenvalue weighted by molar-refractivity contribution is 6.30. The lowest BCUT2D eigenvalue weighted by atomic mass is 10.1. The van der Waals surface area contributed by atoms with Crippen LogP contribution in [-0.4, -0.2) is 29.9 Å². The minimum Gasteiger partial charge on any atom is -0.504 e. The molecule has 0 aliphatic carbocycles. The van der Waals surface area contributed by atoms with Gasteiger partial charge in [-0.3, -0.25) is 4.79 Å². The minimum atomic E-state index is -0.735. The molecule has 0 aliphatic heterocycles. The average molecular weight is 377 g/mol. The summed E-state index contributed by atoms with van der Waals surface area (Å²) in [6.45, 7) is 5.23. The summed E-state index contributed by atoms with van der Waals surface area (Å²) in [6, 6.07) is 10.0. The summed E-state index contributed by atoms with van der Waals surface area (Å²) in [5.74, 6) is 0.567. The number of aromatic hydroxyl groups is 1. The first-order valence-electron chi connectivity index (χ1n) is 7.96. The van der Waals surface area contributed by atoms with Gasteiger partial charge in [0.05, 0.1) is 12.8 Å². The zero-order chi connectivity index (χ0) is 19.3. The van der Waals surface area contributed by atoms with Crippen LogP contribution in [0.1, 0.15) is 25.0 Å². The molecule has 2 N–H and O–H groups in total. The second kappa shape index (κ2) is 8.58. The number of amides is 1. The lowest BCUT2D eigenvalue weighted by Crippen LogP contribution is -2.34. The third-order valence-electron chi connectivity index (χ3n) is 3.74. The maximum Gasteiger partial charge on any atom is 0.280 e. The fourth-order valence-corrected chi connectivity index (χ4v) is 2.41. The van der Waals surface area contributed by atoms with Crippen LogP contribution in [-0.2, 0) is 4.79 Å². The van der Waals surface area contributed by atoms with Crippen LogP contribution in [0, 0.1) is 6.92 Å². The van der Waals surface area contributed by atoms with Gasteiger partial charge in [0.15, 0.2) is 17.6 Å². The van der Waals surface area contributed by atoms with E-state index in [0.717, 1.165) is 5.56 Å². The van der Waals surface area contributed by atoms with E-state index in [1.807, 2.05) is 6.92 Å². The second-order valence-corrected chi connectivity index (χ2v) is 6.17. The Morgan fingerprint density at radius 3 is 2.62 bits per heavy atom. The number of hydrogen-bond donors (Lipinski definition) is 2. The molecule has 1 atom stereocenters. The molecule has 0 fully saturated rings. The van der Waals surface area contributed by atoms with Gasteiger partial charge in [-0.2, -0.15) is 5.10 Å². The molecule has 0 bridgehead atoms. The van der Waals surface area contributed by atoms with E-state index in [-0.39, 0.29) is 11.7 Å². The van der Waals surface area contributed by atoms with Gasteiger partial charge in [-0.15, -0.1) is 0 Å². The largest absolute Gasteiger partial charge is 0.504 e. The van der Waals surface area contributed by atoms with Crippen LogP contribution in [0.2, 0.25) is 5.02 Å². The predicted octanol–water partition coefficient (Wildman–Crippen LogP) is 3.67. The molecule has 26 heavy (non-hydrogen) atoms. The van der Waals surface area contributed by atoms with Crippen molar-refractivity contribution < 1.29 is 19.4 Å². The van der Waals surface area contributed by atoms with E-state index in [9.17, 15) is 9.90 Å². The van der Waals surface area contributed by atoms with Crippen molar-refractivity contribution in [3.8, 4) is 17.2 Å². The van der Waals surface area contributed by atoms with E-state index < -0.39 is 6.10 Å². The summed E-state index contributed by atoms with van der Waals surface area (Å²) in [5, 5.41) is 14.3. The number of carbonyl (C=O) groups is 1. The van der Waals surface area contributed by atoms with Gasteiger partial charge in [0.1, 0.15) is 5.75 Å². The molecule has 0 aromatic heterocycles. The van der Waals surface area contributed by atoms with Gasteiger partial charge in [-0.05, 0) is 62.7 Å². The Morgan fingerprint density at radius 2 is 1.96 bits per heavy atom. The first kappa shape index (κ1) is 19.6. The lowest BCUT2D eigenvalue weighted by molar-refractivity contribution is -0.127. The molecule has 0 aliphatic rings. The summed E-state index contributed by atoms with van der Waals surface area (Å²) in [7, 11) is 1.46. The quantitative estimate of drug-likeness (QED) is 0.595. The van der Waals surface area contributed by atoms with Crippen LogP contribution in [0.25, 0.3) is 0 Å². The molecule has 7 heteroatoms. The van der Waals surface area contributed by atoms with Gasteiger partial charge in [0.2, 0.25) is 0 Å². The van der Waals surface area contributed by atoms with Crippen molar-refractivity contribution in [3.05, 3.63) is 52.5 Å². The number of benzene rings is 2. The van der Waals surface area contributed by atoms with Crippen LogP contribution in [0.5, 0.6) is 17.2 Å². The smallest absolute Gasteiger partial charge is 0.280 e. The molecule has 2 aromatic rings. The lowest BCUT2D eigenvalue weighted by Gasteiger charge is -2.15. The van der Waals surface area contributed by atoms with Crippen molar-refractivity contribution in [1.82, 2.24) is 5.43 Å². The van der Waals surface area contributed by atoms with Gasteiger partial charge in [0, 0.05) is 10.6 Å². The number of phenolic OH excluding ortho intramolecular Hbond substituents is 1. The number of aryl methyl sites for hydroxylation is 1. The SMILES string of the molecule is COc1cc(/C(C)=N/NC(=O)C(C)Oc2ccc(Cl)cc2C)ccc1O. The van der Waals surface area contributed by atoms with E-state index >= 15 is 0 Å². The fraction of sp³-hybridized carbons (Fsp3) is 0.263. The molecule has 0 saturated heterocycles. The number of ether oxygens (including phenoxy) is 2. The van der Waals surface area contributed by atoms with Gasteiger partial charge >= 0.3 is 0 Å². The number of halogens is 1. The van der Waals surface area contributed by atoms with E-state index in [2.05, 4.69) is 10.5 Å². The number of nitrogens with one attached hydrogen (secondary N) is 1. The maximum absolute atomic E-state index is 12.2. The number of carbonyl (C=O) groups excluding carboxylic acids is 1. The van der Waals surface area contributed by atoms with Crippen molar-refractivity contribution in [2.75, 3.05) is 7.11 Å². The molecule has 0 radical (unpaired) electrons. The Morgan fingerprint density at radius 1 is 1.23 bits per heavy atom. The Kier molecular flexibility index (Phi) is 6.46. The highest BCUT2D eigenvalue weighted by atomic mass is 35.5. The van der Waals surface area contributed by atoms with Crippen molar-refractivity contribution in [2.45, 2.75) is 26.9 Å². The molecule has 138 valence electrons. The van der Waals surface area contributed by atoms with Crippen LogP contribution in [0.15, 0.2) is 41.5 Å². The highest BCUT2D eigenvalue weighted by Crippen LogP contribution is 2.26. The second-order valence-electron chi connectivity index (χ2n) is 5.73. The molecule has 1 unspecified atom stereocenters. The average Bonchev–Trinajstić information content (AvgIpc) is 2.62. The van der Waals surface area contributed by atoms with Crippen LogP contribution in [0.4, 0.5) is 0 Å². The number of hydrogen-bond acceptors (Lipinski definition) is 5. The third-order valence-corrected chi connectivity index (χ3v) is 3.98. The molecule has 0 heterocycles. The highest BCUT2D eigenvalue weighted by Gasteiger charge is 2.15. The molecular formula is C19H21ClN2O4. The molecule has 0 saturated carbocycles. The Labute approximate surface area is 157 Å². The van der Waals surface area contributed by atoms with E-state index in [4.69, 9.17) is 21.1 Å². The predicted molar refractivity (Wildman–Crippen MR) is 101 cm³/mol. The number of rotatable bonds is 6. The van der Waals surface area contributed by atoms with Crippen molar-refractivity contribution in [1.29, 1.82) is 0 Å². The van der Waals surface area contributed by atoms with Gasteiger partial charge in [0.25, 0.3) is 5.91 Å². The van der Waals surface area contributed by atoms with E-state index in [1.165, 1.54) is 13.2 Å². The standard InChI is InChI=1S/C19H21ClN2O4/c1-11-9-15(20)6-8-17(11)26-13(3)19(24)22-21-12(2)14-5-7-16(23)18(10-14)25-4/h5-10,13,23H,1-4H3,(H,22,24)/b21-12+. The van der Waals surface area contributed by atoms with Crippen molar-refractivity contribution in [2.24, 2.45) is 5.10 Å². The molecule has 2 aromatic carbocycles. The summed E-state index contributed by atoms with van der Waals surface area (Å²) in [4.78, 5) is 12.2. The van der Waals surface area contributed by atoms with Gasteiger partial charge in [-0.1, -0.05) is 11.6 Å². The van der Waals surface area contributed by atoms with Crippen LogP contribution < -0.4 is 14.9 Å². The first-order chi connectivity index (χ1) is 12.3. The third kappa shape index (κ3) is 4.89. The summed E-state index contributed by atoms with van der Waals surface area (Å²) >= 11 is 5.91. The zero-order valence-corrected chi connectivity index (χ0v) is 15.8. The summed E-state index contributed by atoms with van der Waals surface area (Å²) in [6.07, 6.45) is -0.735. The number of phenols is 1. The normalized spacial score (nSPS) is 12.4. The first-order valence-corrected chi connectivity index (χ1v) is 8.34. The summed E-state index contributed by atoms with van der Waals surface area (Å²) in [5.41, 5.74) is 4.59. The number of methoxy groups -OCH3 is 1. The van der Waals surface area contributed by atoms with E-state index in [1.54, 1.807) is 44.2 Å². The number of hydrazone groups is 1. The monoisotopic (exact) mass is 376 g/mol. The van der Waals surface area contributed by atoms with Crippen LogP contribution >= 0.6 is 11.6 Å². The van der Waals surface area contributed by atoms with Crippen LogP contribution in [0.3, 0.4) is 0 Å². The Balaban J connectivity index is 2.03. The topological polar surface area (TPSA) is 80.2 Å². The van der Waals surface area contributed by atoms with Gasteiger partial charge in [-0.25, -0.2) is 5.43 Å². The molecule has 2 rings (SSSR count). The molecule has 0 spiro atoms. The summed E-state index contributed by atoms with van der Waals surface area (Å²) < 4.78 is 10.7. The van der Waals surface area contributed by atoms with Crippen molar-refractivity contribution in [3.63, 3.8) is 0 Å². The number of nitrogens with zero attached hydrogens (tertiary/aromatic N) is 1. The fourth-order valence-electron chi connectivity index (χ4n) is 2.19. The van der Waals surface area contributed by atoms with E-state index in [0.29, 0.717) is 27.8 Å². The molecule has 1 amide bonds. The molecule has 6 nitrogen and oxygen atoms in total. The zero-order valence-electron chi connectivity index (χ0n) is 15.0. The minimum absolute atomic E-state index is 0.0356. The Hall–Kier alpha value is -2.73. The maximum atomic E-state index is 12.2.